The Balaban J connectivity index is 2.66. The minimum atomic E-state index is 0.176. The highest BCUT2D eigenvalue weighted by Gasteiger charge is 2.37. The topological polar surface area (TPSA) is 20.3 Å². The Kier molecular flexibility index (Phi) is 4.40. The smallest absolute Gasteiger partial charge is 0.225 e. The fourth-order valence-corrected chi connectivity index (χ4v) is 3.00. The number of nitrogens with zero attached hydrogens (tertiary/aromatic N) is 1. The Hall–Kier alpha value is -0.530. The SMILES string of the molecule is CC(C)CC(C)C(=O)N1C(C)C(C)C[C@H]1C. The van der Waals surface area contributed by atoms with Crippen molar-refractivity contribution in [2.45, 2.75) is 66.5 Å². The van der Waals surface area contributed by atoms with Crippen molar-refractivity contribution in [2.24, 2.45) is 17.8 Å². The third kappa shape index (κ3) is 2.78. The Morgan fingerprint density at radius 2 is 1.81 bits per heavy atom. The lowest BCUT2D eigenvalue weighted by Crippen LogP contribution is -2.42. The fraction of sp³-hybridized carbons (Fsp3) is 0.929. The van der Waals surface area contributed by atoms with Gasteiger partial charge in [0, 0.05) is 18.0 Å². The zero-order valence-corrected chi connectivity index (χ0v) is 11.7. The summed E-state index contributed by atoms with van der Waals surface area (Å²) < 4.78 is 0. The van der Waals surface area contributed by atoms with E-state index >= 15 is 0 Å². The van der Waals surface area contributed by atoms with Crippen molar-refractivity contribution in [3.8, 4) is 0 Å². The Bertz CT molecular complexity index is 249. The van der Waals surface area contributed by atoms with Gasteiger partial charge in [0.05, 0.1) is 0 Å². The van der Waals surface area contributed by atoms with E-state index in [9.17, 15) is 4.79 Å². The number of rotatable bonds is 3. The number of likely N-dealkylation sites (tertiary alicyclic amines) is 1. The van der Waals surface area contributed by atoms with Crippen molar-refractivity contribution in [3.05, 3.63) is 0 Å². The van der Waals surface area contributed by atoms with Gasteiger partial charge in [-0.05, 0) is 38.5 Å². The summed E-state index contributed by atoms with van der Waals surface area (Å²) in [4.78, 5) is 14.5. The van der Waals surface area contributed by atoms with Crippen LogP contribution in [0.15, 0.2) is 0 Å². The van der Waals surface area contributed by atoms with E-state index in [-0.39, 0.29) is 5.92 Å². The average Bonchev–Trinajstić information content (AvgIpc) is 2.39. The van der Waals surface area contributed by atoms with Crippen LogP contribution in [-0.2, 0) is 4.79 Å². The molecule has 3 unspecified atom stereocenters. The molecule has 1 fully saturated rings. The Morgan fingerprint density at radius 3 is 2.19 bits per heavy atom. The lowest BCUT2D eigenvalue weighted by molar-refractivity contribution is -0.138. The first-order valence-corrected chi connectivity index (χ1v) is 6.66. The highest BCUT2D eigenvalue weighted by Crippen LogP contribution is 2.31. The molecule has 0 N–H and O–H groups in total. The zero-order valence-electron chi connectivity index (χ0n) is 11.7. The van der Waals surface area contributed by atoms with E-state index in [0.717, 1.165) is 12.8 Å². The second-order valence-electron chi connectivity index (χ2n) is 6.08. The maximum atomic E-state index is 12.4. The molecule has 16 heavy (non-hydrogen) atoms. The molecule has 94 valence electrons. The molecule has 2 heteroatoms. The lowest BCUT2D eigenvalue weighted by Gasteiger charge is -2.30. The minimum absolute atomic E-state index is 0.176. The molecule has 1 rings (SSSR count). The van der Waals surface area contributed by atoms with Crippen LogP contribution in [0, 0.1) is 17.8 Å². The van der Waals surface area contributed by atoms with Crippen LogP contribution in [0.1, 0.15) is 54.4 Å². The van der Waals surface area contributed by atoms with Gasteiger partial charge in [-0.2, -0.15) is 0 Å². The summed E-state index contributed by atoms with van der Waals surface area (Å²) >= 11 is 0. The van der Waals surface area contributed by atoms with Crippen LogP contribution in [0.25, 0.3) is 0 Å². The first-order valence-electron chi connectivity index (χ1n) is 6.66. The quantitative estimate of drug-likeness (QED) is 0.721. The Labute approximate surface area is 100 Å². The molecule has 1 heterocycles. The van der Waals surface area contributed by atoms with Gasteiger partial charge in [-0.3, -0.25) is 4.79 Å². The van der Waals surface area contributed by atoms with Gasteiger partial charge < -0.3 is 4.90 Å². The molecule has 0 aromatic carbocycles. The predicted molar refractivity (Wildman–Crippen MR) is 68.2 cm³/mol. The van der Waals surface area contributed by atoms with Crippen molar-refractivity contribution in [3.63, 3.8) is 0 Å². The van der Waals surface area contributed by atoms with E-state index in [4.69, 9.17) is 0 Å². The highest BCUT2D eigenvalue weighted by atomic mass is 16.2. The van der Waals surface area contributed by atoms with Crippen LogP contribution >= 0.6 is 0 Å². The van der Waals surface area contributed by atoms with Crippen molar-refractivity contribution < 1.29 is 4.79 Å². The van der Waals surface area contributed by atoms with E-state index in [2.05, 4.69) is 46.4 Å². The van der Waals surface area contributed by atoms with E-state index in [1.54, 1.807) is 0 Å². The molecule has 1 amide bonds. The van der Waals surface area contributed by atoms with Crippen LogP contribution in [0.2, 0.25) is 0 Å². The third-order valence-electron chi connectivity index (χ3n) is 3.95. The van der Waals surface area contributed by atoms with E-state index < -0.39 is 0 Å². The third-order valence-corrected chi connectivity index (χ3v) is 3.95. The molecule has 0 saturated carbocycles. The molecule has 0 spiro atoms. The molecule has 0 aliphatic carbocycles. The molecule has 0 radical (unpaired) electrons. The first-order chi connectivity index (χ1) is 7.34. The van der Waals surface area contributed by atoms with Crippen molar-refractivity contribution >= 4 is 5.91 Å². The molecule has 1 saturated heterocycles. The lowest BCUT2D eigenvalue weighted by atomic mass is 9.97. The molecular formula is C14H27NO. The molecular weight excluding hydrogens is 198 g/mol. The monoisotopic (exact) mass is 225 g/mol. The largest absolute Gasteiger partial charge is 0.337 e. The summed E-state index contributed by atoms with van der Waals surface area (Å²) in [6.45, 7) is 13.1. The van der Waals surface area contributed by atoms with Gasteiger partial charge in [0.1, 0.15) is 0 Å². The maximum Gasteiger partial charge on any atom is 0.225 e. The molecule has 1 aliphatic rings. The molecule has 1 aliphatic heterocycles. The average molecular weight is 225 g/mol. The minimum Gasteiger partial charge on any atom is -0.337 e. The Morgan fingerprint density at radius 1 is 1.25 bits per heavy atom. The second kappa shape index (κ2) is 5.20. The summed E-state index contributed by atoms with van der Waals surface area (Å²) in [6.07, 6.45) is 2.16. The molecule has 2 nitrogen and oxygen atoms in total. The van der Waals surface area contributed by atoms with E-state index in [1.165, 1.54) is 0 Å². The van der Waals surface area contributed by atoms with E-state index in [0.29, 0.717) is 29.8 Å². The standard InChI is InChI=1S/C14H27NO/c1-9(2)7-11(4)14(16)15-12(5)8-10(3)13(15)6/h9-13H,7-8H2,1-6H3/t10?,11?,12-,13?/m1/s1. The molecule has 0 aromatic heterocycles. The van der Waals surface area contributed by atoms with Crippen molar-refractivity contribution in [1.82, 2.24) is 4.90 Å². The van der Waals surface area contributed by atoms with Gasteiger partial charge in [0.15, 0.2) is 0 Å². The second-order valence-corrected chi connectivity index (χ2v) is 6.08. The summed E-state index contributed by atoms with van der Waals surface area (Å²) in [5.74, 6) is 1.78. The van der Waals surface area contributed by atoms with Gasteiger partial charge in [-0.25, -0.2) is 0 Å². The van der Waals surface area contributed by atoms with Gasteiger partial charge in [0.2, 0.25) is 5.91 Å². The molecule has 4 atom stereocenters. The van der Waals surface area contributed by atoms with Gasteiger partial charge >= 0.3 is 0 Å². The number of hydrogen-bond acceptors (Lipinski definition) is 1. The van der Waals surface area contributed by atoms with Crippen LogP contribution in [0.3, 0.4) is 0 Å². The zero-order chi connectivity index (χ0) is 12.5. The number of carbonyl (C=O) groups excluding carboxylic acids is 1. The van der Waals surface area contributed by atoms with Gasteiger partial charge in [-0.1, -0.05) is 27.7 Å². The normalized spacial score (nSPS) is 32.2. The van der Waals surface area contributed by atoms with E-state index in [1.807, 2.05) is 0 Å². The summed E-state index contributed by atoms with van der Waals surface area (Å²) in [7, 11) is 0. The summed E-state index contributed by atoms with van der Waals surface area (Å²) in [5, 5.41) is 0. The van der Waals surface area contributed by atoms with Crippen LogP contribution < -0.4 is 0 Å². The fourth-order valence-electron chi connectivity index (χ4n) is 3.00. The van der Waals surface area contributed by atoms with Crippen molar-refractivity contribution in [2.75, 3.05) is 0 Å². The van der Waals surface area contributed by atoms with Crippen molar-refractivity contribution in [1.29, 1.82) is 0 Å². The maximum absolute atomic E-state index is 12.4. The van der Waals surface area contributed by atoms with Gasteiger partial charge in [-0.15, -0.1) is 0 Å². The first kappa shape index (κ1) is 13.5. The summed E-state index contributed by atoms with van der Waals surface area (Å²) in [5.41, 5.74) is 0. The predicted octanol–water partition coefficient (Wildman–Crippen LogP) is 3.31. The van der Waals surface area contributed by atoms with Gasteiger partial charge in [0.25, 0.3) is 0 Å². The molecule has 0 bridgehead atoms. The highest BCUT2D eigenvalue weighted by molar-refractivity contribution is 5.79. The van der Waals surface area contributed by atoms with Crippen LogP contribution in [0.5, 0.6) is 0 Å². The summed E-state index contributed by atoms with van der Waals surface area (Å²) in [6, 6.07) is 0.837. The van der Waals surface area contributed by atoms with Crippen LogP contribution in [0.4, 0.5) is 0 Å². The number of amides is 1. The number of hydrogen-bond donors (Lipinski definition) is 0. The van der Waals surface area contributed by atoms with Crippen LogP contribution in [-0.4, -0.2) is 22.9 Å². The number of carbonyl (C=O) groups is 1. The molecule has 0 aromatic rings.